The van der Waals surface area contributed by atoms with Crippen molar-refractivity contribution in [1.82, 2.24) is 14.8 Å². The number of aryl methyl sites for hydroxylation is 1. The third kappa shape index (κ3) is 1.90. The van der Waals surface area contributed by atoms with Gasteiger partial charge in [0.1, 0.15) is 0 Å². The molecule has 102 valence electrons. The fraction of sp³-hybridized carbons (Fsp3) is 0.538. The molecule has 0 radical (unpaired) electrons. The molecular formula is C13H19N5S. The van der Waals surface area contributed by atoms with Crippen LogP contribution in [0.5, 0.6) is 0 Å². The average Bonchev–Trinajstić information content (AvgIpc) is 3.04. The molecule has 0 fully saturated rings. The first-order valence-electron chi connectivity index (χ1n) is 6.83. The Morgan fingerprint density at radius 2 is 2.16 bits per heavy atom. The summed E-state index contributed by atoms with van der Waals surface area (Å²) >= 11 is 1.72. The summed E-state index contributed by atoms with van der Waals surface area (Å²) < 4.78 is 2.11. The third-order valence-electron chi connectivity index (χ3n) is 3.57. The van der Waals surface area contributed by atoms with Crippen LogP contribution in [0.25, 0.3) is 11.4 Å². The van der Waals surface area contributed by atoms with Crippen molar-refractivity contribution in [3.05, 3.63) is 10.4 Å². The van der Waals surface area contributed by atoms with Gasteiger partial charge in [0.2, 0.25) is 5.95 Å². The molecule has 3 rings (SSSR count). The van der Waals surface area contributed by atoms with Gasteiger partial charge in [-0.1, -0.05) is 0 Å². The molecule has 0 saturated carbocycles. The molecule has 19 heavy (non-hydrogen) atoms. The Kier molecular flexibility index (Phi) is 3.18. The molecule has 0 unspecified atom stereocenters. The maximum absolute atomic E-state index is 6.21. The Balaban J connectivity index is 2.12. The smallest absolute Gasteiger partial charge is 0.224 e. The minimum absolute atomic E-state index is 0.831. The van der Waals surface area contributed by atoms with E-state index in [4.69, 9.17) is 5.73 Å². The van der Waals surface area contributed by atoms with E-state index in [2.05, 4.69) is 33.9 Å². The van der Waals surface area contributed by atoms with E-state index in [1.54, 1.807) is 11.3 Å². The molecular weight excluding hydrogens is 258 g/mol. The van der Waals surface area contributed by atoms with Gasteiger partial charge in [0.25, 0.3) is 0 Å². The van der Waals surface area contributed by atoms with Crippen molar-refractivity contribution in [1.29, 1.82) is 0 Å². The van der Waals surface area contributed by atoms with Crippen LogP contribution in [0.2, 0.25) is 0 Å². The third-order valence-corrected chi connectivity index (χ3v) is 4.70. The minimum Gasteiger partial charge on any atom is -0.390 e. The summed E-state index contributed by atoms with van der Waals surface area (Å²) in [5.74, 6) is 1.74. The highest BCUT2D eigenvalue weighted by Crippen LogP contribution is 2.43. The molecule has 0 spiro atoms. The predicted molar refractivity (Wildman–Crippen MR) is 79.6 cm³/mol. The molecule has 1 aliphatic carbocycles. The lowest BCUT2D eigenvalue weighted by Crippen LogP contribution is -2.07. The van der Waals surface area contributed by atoms with Gasteiger partial charge in [-0.05, 0) is 38.7 Å². The normalized spacial score (nSPS) is 13.8. The van der Waals surface area contributed by atoms with E-state index in [1.807, 2.05) is 0 Å². The van der Waals surface area contributed by atoms with Gasteiger partial charge in [-0.3, -0.25) is 4.57 Å². The van der Waals surface area contributed by atoms with Crippen LogP contribution in [0.3, 0.4) is 0 Å². The zero-order valence-corrected chi connectivity index (χ0v) is 12.2. The highest BCUT2D eigenvalue weighted by molar-refractivity contribution is 7.16. The van der Waals surface area contributed by atoms with Crippen molar-refractivity contribution in [3.8, 4) is 11.4 Å². The lowest BCUT2D eigenvalue weighted by molar-refractivity contribution is 0.770. The van der Waals surface area contributed by atoms with Crippen LogP contribution in [0.4, 0.5) is 10.9 Å². The largest absolute Gasteiger partial charge is 0.390 e. The van der Waals surface area contributed by atoms with Crippen molar-refractivity contribution in [3.63, 3.8) is 0 Å². The number of nitrogens with one attached hydrogen (secondary N) is 1. The van der Waals surface area contributed by atoms with Crippen LogP contribution < -0.4 is 11.1 Å². The summed E-state index contributed by atoms with van der Waals surface area (Å²) in [5, 5.41) is 12.7. The van der Waals surface area contributed by atoms with E-state index in [0.29, 0.717) is 0 Å². The quantitative estimate of drug-likeness (QED) is 0.901. The van der Waals surface area contributed by atoms with E-state index in [-0.39, 0.29) is 0 Å². The van der Waals surface area contributed by atoms with Crippen molar-refractivity contribution in [2.75, 3.05) is 17.6 Å². The maximum atomic E-state index is 6.21. The van der Waals surface area contributed by atoms with Gasteiger partial charge in [-0.2, -0.15) is 0 Å². The molecule has 0 aromatic carbocycles. The van der Waals surface area contributed by atoms with Crippen molar-refractivity contribution < 1.29 is 0 Å². The molecule has 1 aliphatic rings. The van der Waals surface area contributed by atoms with Gasteiger partial charge in [-0.15, -0.1) is 21.5 Å². The number of aromatic nitrogens is 3. The number of thiophene rings is 1. The number of nitrogens with two attached hydrogens (primary N) is 1. The molecule has 3 N–H and O–H groups in total. The number of hydrogen-bond donors (Lipinski definition) is 2. The Morgan fingerprint density at radius 1 is 1.32 bits per heavy atom. The second-order valence-corrected chi connectivity index (χ2v) is 5.86. The lowest BCUT2D eigenvalue weighted by atomic mass is 10.1. The highest BCUT2D eigenvalue weighted by atomic mass is 32.1. The molecule has 2 heterocycles. The highest BCUT2D eigenvalue weighted by Gasteiger charge is 2.25. The second-order valence-electron chi connectivity index (χ2n) is 4.72. The number of hydrogen-bond acceptors (Lipinski definition) is 5. The summed E-state index contributed by atoms with van der Waals surface area (Å²) in [5.41, 5.74) is 8.72. The summed E-state index contributed by atoms with van der Waals surface area (Å²) in [6.45, 7) is 5.85. The summed E-state index contributed by atoms with van der Waals surface area (Å²) in [7, 11) is 0. The number of nitrogens with zero attached hydrogens (tertiary/aromatic N) is 3. The molecule has 2 aromatic heterocycles. The van der Waals surface area contributed by atoms with Crippen LogP contribution in [-0.4, -0.2) is 21.3 Å². The SMILES string of the molecule is CCNc1nnc(-c2c(N)sc3c2CCC3)n1CC. The number of rotatable bonds is 4. The molecule has 0 saturated heterocycles. The first-order valence-corrected chi connectivity index (χ1v) is 7.65. The standard InChI is InChI=1S/C13H19N5S/c1-3-15-13-17-16-12(18(13)4-2)10-8-6-5-7-9(8)19-11(10)14/h3-7,14H2,1-2H3,(H,15,17). The molecule has 5 nitrogen and oxygen atoms in total. The fourth-order valence-corrected chi connectivity index (χ4v) is 3.90. The van der Waals surface area contributed by atoms with Crippen molar-refractivity contribution in [2.45, 2.75) is 39.7 Å². The van der Waals surface area contributed by atoms with Crippen LogP contribution >= 0.6 is 11.3 Å². The van der Waals surface area contributed by atoms with E-state index in [1.165, 1.54) is 16.9 Å². The first kappa shape index (κ1) is 12.5. The summed E-state index contributed by atoms with van der Waals surface area (Å²) in [6.07, 6.45) is 3.50. The molecule has 0 amide bonds. The van der Waals surface area contributed by atoms with Gasteiger partial charge >= 0.3 is 0 Å². The van der Waals surface area contributed by atoms with Gasteiger partial charge in [0, 0.05) is 18.0 Å². The summed E-state index contributed by atoms with van der Waals surface area (Å²) in [6, 6.07) is 0. The van der Waals surface area contributed by atoms with Crippen LogP contribution in [0.15, 0.2) is 0 Å². The second kappa shape index (κ2) is 4.85. The Bertz CT molecular complexity index is 598. The van der Waals surface area contributed by atoms with E-state index in [0.717, 1.165) is 48.3 Å². The van der Waals surface area contributed by atoms with Gasteiger partial charge in [0.05, 0.1) is 10.6 Å². The van der Waals surface area contributed by atoms with Crippen molar-refractivity contribution >= 4 is 22.3 Å². The Labute approximate surface area is 116 Å². The van der Waals surface area contributed by atoms with Gasteiger partial charge in [0.15, 0.2) is 5.82 Å². The zero-order valence-electron chi connectivity index (χ0n) is 11.4. The molecule has 0 atom stereocenters. The van der Waals surface area contributed by atoms with Gasteiger partial charge < -0.3 is 11.1 Å². The van der Waals surface area contributed by atoms with Crippen LogP contribution in [0, 0.1) is 0 Å². The number of anilines is 2. The zero-order chi connectivity index (χ0) is 13.4. The Hall–Kier alpha value is -1.56. The topological polar surface area (TPSA) is 68.8 Å². The van der Waals surface area contributed by atoms with E-state index < -0.39 is 0 Å². The Morgan fingerprint density at radius 3 is 2.89 bits per heavy atom. The minimum atomic E-state index is 0.831. The van der Waals surface area contributed by atoms with Gasteiger partial charge in [-0.25, -0.2) is 0 Å². The predicted octanol–water partition coefficient (Wildman–Crippen LogP) is 2.53. The fourth-order valence-electron chi connectivity index (χ4n) is 2.75. The average molecular weight is 277 g/mol. The number of nitrogen functional groups attached to an aromatic ring is 1. The van der Waals surface area contributed by atoms with Crippen LogP contribution in [-0.2, 0) is 19.4 Å². The molecule has 0 bridgehead atoms. The summed E-state index contributed by atoms with van der Waals surface area (Å²) in [4.78, 5) is 1.43. The molecule has 0 aliphatic heterocycles. The maximum Gasteiger partial charge on any atom is 0.224 e. The molecule has 6 heteroatoms. The van der Waals surface area contributed by atoms with E-state index >= 15 is 0 Å². The molecule has 2 aromatic rings. The van der Waals surface area contributed by atoms with Crippen LogP contribution in [0.1, 0.15) is 30.7 Å². The lowest BCUT2D eigenvalue weighted by Gasteiger charge is -2.08. The number of fused-ring (bicyclic) bond motifs is 1. The first-order chi connectivity index (χ1) is 9.26. The van der Waals surface area contributed by atoms with E-state index in [9.17, 15) is 0 Å². The van der Waals surface area contributed by atoms with Crippen molar-refractivity contribution in [2.24, 2.45) is 0 Å². The monoisotopic (exact) mass is 277 g/mol.